The number of ether oxygens (including phenoxy) is 2. The number of benzene rings is 1. The summed E-state index contributed by atoms with van der Waals surface area (Å²) in [5, 5.41) is 2.88. The lowest BCUT2D eigenvalue weighted by Crippen LogP contribution is -2.24. The van der Waals surface area contributed by atoms with Gasteiger partial charge in [0.2, 0.25) is 0 Å². The first-order valence-electron chi connectivity index (χ1n) is 9.54. The van der Waals surface area contributed by atoms with E-state index in [0.717, 1.165) is 29.7 Å². The van der Waals surface area contributed by atoms with Crippen molar-refractivity contribution in [3.63, 3.8) is 0 Å². The summed E-state index contributed by atoms with van der Waals surface area (Å²) in [5.74, 6) is -0.736. The predicted octanol–water partition coefficient (Wildman–Crippen LogP) is 2.97. The van der Waals surface area contributed by atoms with Gasteiger partial charge < -0.3 is 14.8 Å². The molecule has 1 aromatic heterocycles. The average molecular weight is 453 g/mol. The van der Waals surface area contributed by atoms with Gasteiger partial charge in [-0.2, -0.15) is 0 Å². The smallest absolute Gasteiger partial charge is 0.341 e. The number of amides is 1. The zero-order valence-corrected chi connectivity index (χ0v) is 18.7. The lowest BCUT2D eigenvalue weighted by Gasteiger charge is -2.13. The van der Waals surface area contributed by atoms with Gasteiger partial charge in [-0.25, -0.2) is 13.2 Å². The van der Waals surface area contributed by atoms with Crippen molar-refractivity contribution in [2.24, 2.45) is 0 Å². The summed E-state index contributed by atoms with van der Waals surface area (Å²) in [6.45, 7) is 2.15. The largest absolute Gasteiger partial charge is 0.496 e. The molecule has 0 saturated heterocycles. The number of methoxy groups -OCH3 is 2. The fraction of sp³-hybridized carbons (Fsp3) is 0.400. The molecule has 0 fully saturated rings. The number of thiophene rings is 1. The van der Waals surface area contributed by atoms with Crippen molar-refractivity contribution in [3.05, 3.63) is 39.8 Å². The summed E-state index contributed by atoms with van der Waals surface area (Å²) in [6.07, 6.45) is 3.44. The van der Waals surface area contributed by atoms with Gasteiger partial charge in [0.1, 0.15) is 10.8 Å². The number of carbonyl (C=O) groups excluding carboxylic acids is 2. The number of sulfonamides is 1. The summed E-state index contributed by atoms with van der Waals surface area (Å²) in [4.78, 5) is 25.6. The third kappa shape index (κ3) is 4.29. The first kappa shape index (κ1) is 22.1. The minimum atomic E-state index is -4.06. The Morgan fingerprint density at radius 1 is 1.17 bits per heavy atom. The summed E-state index contributed by atoms with van der Waals surface area (Å²) >= 11 is 1.26. The van der Waals surface area contributed by atoms with Crippen LogP contribution in [-0.2, 0) is 27.6 Å². The Balaban J connectivity index is 2.02. The Morgan fingerprint density at radius 2 is 1.90 bits per heavy atom. The number of nitrogens with one attached hydrogen (secondary N) is 2. The molecular weight excluding hydrogens is 428 g/mol. The molecule has 2 aromatic rings. The first-order chi connectivity index (χ1) is 14.3. The van der Waals surface area contributed by atoms with E-state index in [4.69, 9.17) is 9.47 Å². The third-order valence-corrected chi connectivity index (χ3v) is 7.53. The normalized spacial score (nSPS) is 13.3. The molecule has 162 valence electrons. The fourth-order valence-corrected chi connectivity index (χ4v) is 6.03. The molecule has 0 radical (unpaired) electrons. The van der Waals surface area contributed by atoms with Crippen molar-refractivity contribution < 1.29 is 27.5 Å². The fourth-order valence-electron chi connectivity index (χ4n) is 3.42. The van der Waals surface area contributed by atoms with Crippen LogP contribution < -0.4 is 14.8 Å². The molecule has 0 aliphatic heterocycles. The highest BCUT2D eigenvalue weighted by atomic mass is 32.2. The second kappa shape index (κ2) is 9.05. The van der Waals surface area contributed by atoms with Crippen molar-refractivity contribution in [3.8, 4) is 5.75 Å². The summed E-state index contributed by atoms with van der Waals surface area (Å²) in [5.41, 5.74) is 1.24. The Morgan fingerprint density at radius 3 is 2.57 bits per heavy atom. The number of hydrogen-bond donors (Lipinski definition) is 2. The highest BCUT2D eigenvalue weighted by Crippen LogP contribution is 2.39. The second-order valence-corrected chi connectivity index (χ2v) is 9.52. The first-order valence-corrected chi connectivity index (χ1v) is 11.8. The van der Waals surface area contributed by atoms with Gasteiger partial charge in [0.15, 0.2) is 0 Å². The molecule has 0 bridgehead atoms. The Kier molecular flexibility index (Phi) is 6.67. The number of rotatable bonds is 7. The highest BCUT2D eigenvalue weighted by Gasteiger charge is 2.29. The van der Waals surface area contributed by atoms with E-state index in [9.17, 15) is 18.0 Å². The molecule has 0 unspecified atom stereocenters. The van der Waals surface area contributed by atoms with Crippen LogP contribution in [0.3, 0.4) is 0 Å². The Hall–Kier alpha value is -2.59. The van der Waals surface area contributed by atoms with Gasteiger partial charge >= 0.3 is 5.97 Å². The maximum absolute atomic E-state index is 13.1. The molecule has 0 saturated carbocycles. The molecule has 0 atom stereocenters. The molecule has 3 rings (SSSR count). The molecule has 1 aliphatic rings. The van der Waals surface area contributed by atoms with Crippen LogP contribution in [0.1, 0.15) is 50.9 Å². The van der Waals surface area contributed by atoms with Crippen LogP contribution in [-0.4, -0.2) is 41.1 Å². The molecule has 10 heteroatoms. The van der Waals surface area contributed by atoms with Crippen molar-refractivity contribution in [1.29, 1.82) is 0 Å². The molecule has 2 N–H and O–H groups in total. The number of carbonyl (C=O) groups is 2. The van der Waals surface area contributed by atoms with Crippen LogP contribution in [0.25, 0.3) is 0 Å². The number of anilines is 1. The van der Waals surface area contributed by atoms with E-state index in [2.05, 4.69) is 10.0 Å². The van der Waals surface area contributed by atoms with Crippen LogP contribution in [0.15, 0.2) is 23.1 Å². The monoisotopic (exact) mass is 452 g/mol. The van der Waals surface area contributed by atoms with Crippen LogP contribution in [0, 0.1) is 0 Å². The molecule has 1 aromatic carbocycles. The molecular formula is C20H24N2O6S2. The molecule has 1 heterocycles. The van der Waals surface area contributed by atoms with Crippen molar-refractivity contribution in [2.45, 2.75) is 37.5 Å². The standard InChI is InChI=1S/C20H24N2O6S2/c1-4-21-18(23)14-11-12(9-10-15(14)27-2)30(25,26)22-19-17(20(24)28-3)13-7-5-6-8-16(13)29-19/h9-11,22H,4-8H2,1-3H3,(H,21,23). The summed E-state index contributed by atoms with van der Waals surface area (Å²) in [6, 6.07) is 4.05. The van der Waals surface area contributed by atoms with E-state index in [1.165, 1.54) is 43.8 Å². The third-order valence-electron chi connectivity index (χ3n) is 4.85. The van der Waals surface area contributed by atoms with Crippen molar-refractivity contribution >= 4 is 38.2 Å². The van der Waals surface area contributed by atoms with E-state index in [1.54, 1.807) is 6.92 Å². The molecule has 1 aliphatic carbocycles. The van der Waals surface area contributed by atoms with Gasteiger partial charge in [-0.3, -0.25) is 9.52 Å². The summed E-state index contributed by atoms with van der Waals surface area (Å²) in [7, 11) is -1.38. The predicted molar refractivity (Wildman–Crippen MR) is 114 cm³/mol. The van der Waals surface area contributed by atoms with Gasteiger partial charge in [-0.1, -0.05) is 0 Å². The number of esters is 1. The zero-order valence-electron chi connectivity index (χ0n) is 17.0. The van der Waals surface area contributed by atoms with E-state index in [0.29, 0.717) is 13.0 Å². The zero-order chi connectivity index (χ0) is 21.9. The molecule has 8 nitrogen and oxygen atoms in total. The minimum absolute atomic E-state index is 0.105. The minimum Gasteiger partial charge on any atom is -0.496 e. The van der Waals surface area contributed by atoms with Gasteiger partial charge in [0.25, 0.3) is 15.9 Å². The van der Waals surface area contributed by atoms with E-state index in [-0.39, 0.29) is 26.8 Å². The Labute approximate surface area is 179 Å². The number of aryl methyl sites for hydroxylation is 1. The van der Waals surface area contributed by atoms with E-state index >= 15 is 0 Å². The molecule has 1 amide bonds. The number of hydrogen-bond acceptors (Lipinski definition) is 7. The maximum Gasteiger partial charge on any atom is 0.341 e. The Bertz CT molecular complexity index is 1080. The van der Waals surface area contributed by atoms with Gasteiger partial charge in [0.05, 0.1) is 30.2 Å². The topological polar surface area (TPSA) is 111 Å². The maximum atomic E-state index is 13.1. The average Bonchev–Trinajstić information content (AvgIpc) is 3.09. The second-order valence-electron chi connectivity index (χ2n) is 6.73. The quantitative estimate of drug-likeness (QED) is 0.625. The lowest BCUT2D eigenvalue weighted by atomic mass is 9.95. The van der Waals surface area contributed by atoms with E-state index < -0.39 is 21.9 Å². The van der Waals surface area contributed by atoms with Crippen LogP contribution in [0.5, 0.6) is 5.75 Å². The van der Waals surface area contributed by atoms with Crippen LogP contribution >= 0.6 is 11.3 Å². The van der Waals surface area contributed by atoms with Gasteiger partial charge in [-0.05, 0) is 56.4 Å². The molecule has 0 spiro atoms. The lowest BCUT2D eigenvalue weighted by molar-refractivity contribution is 0.0601. The van der Waals surface area contributed by atoms with Crippen LogP contribution in [0.4, 0.5) is 5.00 Å². The van der Waals surface area contributed by atoms with Crippen LogP contribution in [0.2, 0.25) is 0 Å². The summed E-state index contributed by atoms with van der Waals surface area (Å²) < 4.78 is 38.8. The van der Waals surface area contributed by atoms with Crippen molar-refractivity contribution in [2.75, 3.05) is 25.5 Å². The van der Waals surface area contributed by atoms with Crippen molar-refractivity contribution in [1.82, 2.24) is 5.32 Å². The van der Waals surface area contributed by atoms with Gasteiger partial charge in [-0.15, -0.1) is 11.3 Å². The van der Waals surface area contributed by atoms with E-state index in [1.807, 2.05) is 0 Å². The highest BCUT2D eigenvalue weighted by molar-refractivity contribution is 7.93. The van der Waals surface area contributed by atoms with Gasteiger partial charge in [0, 0.05) is 11.4 Å². The SMILES string of the molecule is CCNC(=O)c1cc(S(=O)(=O)Nc2sc3c(c2C(=O)OC)CCCC3)ccc1OC. The number of fused-ring (bicyclic) bond motifs is 1. The molecule has 30 heavy (non-hydrogen) atoms.